The van der Waals surface area contributed by atoms with Gasteiger partial charge < -0.3 is 9.64 Å². The van der Waals surface area contributed by atoms with Crippen LogP contribution in [0.15, 0.2) is 6.20 Å². The van der Waals surface area contributed by atoms with Crippen molar-refractivity contribution in [2.24, 2.45) is 0 Å². The summed E-state index contributed by atoms with van der Waals surface area (Å²) in [5.41, 5.74) is 1.99. The van der Waals surface area contributed by atoms with Crippen LogP contribution in [0.3, 0.4) is 0 Å². The van der Waals surface area contributed by atoms with E-state index in [1.807, 2.05) is 20.0 Å². The van der Waals surface area contributed by atoms with Gasteiger partial charge in [-0.2, -0.15) is 0 Å². The molecule has 1 atom stereocenters. The Labute approximate surface area is 104 Å². The van der Waals surface area contributed by atoms with Crippen molar-refractivity contribution in [3.05, 3.63) is 17.6 Å². The summed E-state index contributed by atoms with van der Waals surface area (Å²) in [5, 5.41) is 0.890. The van der Waals surface area contributed by atoms with Gasteiger partial charge in [-0.15, -0.1) is 0 Å². The standard InChI is InChI=1S/C11H16BrN3O/c1-8-9(2)14-11(6-13-8)15-3-4-16-7-10(15)5-12/h6,10H,3-5,7H2,1-2H3. The van der Waals surface area contributed by atoms with Crippen LogP contribution >= 0.6 is 15.9 Å². The Kier molecular flexibility index (Phi) is 3.76. The first kappa shape index (κ1) is 11.8. The summed E-state index contributed by atoms with van der Waals surface area (Å²) >= 11 is 3.51. The fourth-order valence-electron chi connectivity index (χ4n) is 1.75. The van der Waals surface area contributed by atoms with Crippen LogP contribution in [0.2, 0.25) is 0 Å². The first-order valence-corrected chi connectivity index (χ1v) is 6.55. The van der Waals surface area contributed by atoms with Crippen molar-refractivity contribution in [2.75, 3.05) is 30.0 Å². The average molecular weight is 286 g/mol. The molecule has 88 valence electrons. The summed E-state index contributed by atoms with van der Waals surface area (Å²) in [7, 11) is 0. The predicted octanol–water partition coefficient (Wildman–Crippen LogP) is 1.69. The maximum absolute atomic E-state index is 5.46. The molecule has 2 heterocycles. The largest absolute Gasteiger partial charge is 0.377 e. The molecular formula is C11H16BrN3O. The van der Waals surface area contributed by atoms with Crippen molar-refractivity contribution >= 4 is 21.7 Å². The second-order valence-corrected chi connectivity index (χ2v) is 4.62. The van der Waals surface area contributed by atoms with E-state index in [9.17, 15) is 0 Å². The quantitative estimate of drug-likeness (QED) is 0.776. The van der Waals surface area contributed by atoms with Crippen LogP contribution in [0.1, 0.15) is 11.4 Å². The Morgan fingerprint density at radius 1 is 1.50 bits per heavy atom. The zero-order valence-corrected chi connectivity index (χ0v) is 11.2. The van der Waals surface area contributed by atoms with E-state index in [0.29, 0.717) is 6.04 Å². The molecule has 1 aliphatic heterocycles. The second-order valence-electron chi connectivity index (χ2n) is 3.98. The number of ether oxygens (including phenoxy) is 1. The molecule has 0 bridgehead atoms. The highest BCUT2D eigenvalue weighted by atomic mass is 79.9. The van der Waals surface area contributed by atoms with Crippen molar-refractivity contribution in [2.45, 2.75) is 19.9 Å². The number of halogens is 1. The molecule has 0 aromatic carbocycles. The lowest BCUT2D eigenvalue weighted by molar-refractivity contribution is 0.0999. The van der Waals surface area contributed by atoms with Gasteiger partial charge in [0.05, 0.1) is 36.8 Å². The lowest BCUT2D eigenvalue weighted by Gasteiger charge is -2.35. The topological polar surface area (TPSA) is 38.2 Å². The van der Waals surface area contributed by atoms with Gasteiger partial charge in [0, 0.05) is 11.9 Å². The molecule has 0 amide bonds. The molecule has 1 fully saturated rings. The van der Waals surface area contributed by atoms with Crippen LogP contribution in [0.25, 0.3) is 0 Å². The third-order valence-corrected chi connectivity index (χ3v) is 3.63. The summed E-state index contributed by atoms with van der Waals surface area (Å²) in [6, 6.07) is 0.352. The van der Waals surface area contributed by atoms with E-state index in [0.717, 1.165) is 42.3 Å². The number of morpholine rings is 1. The molecule has 2 rings (SSSR count). The minimum Gasteiger partial charge on any atom is -0.377 e. The zero-order chi connectivity index (χ0) is 11.5. The molecule has 0 radical (unpaired) electrons. The van der Waals surface area contributed by atoms with Crippen LogP contribution in [-0.2, 0) is 4.74 Å². The molecule has 5 heteroatoms. The highest BCUT2D eigenvalue weighted by Crippen LogP contribution is 2.18. The lowest BCUT2D eigenvalue weighted by atomic mass is 10.2. The van der Waals surface area contributed by atoms with Crippen LogP contribution in [0.5, 0.6) is 0 Å². The molecule has 0 saturated carbocycles. The van der Waals surface area contributed by atoms with E-state index in [1.165, 1.54) is 0 Å². The fraction of sp³-hybridized carbons (Fsp3) is 0.636. The molecule has 16 heavy (non-hydrogen) atoms. The van der Waals surface area contributed by atoms with Crippen molar-refractivity contribution in [1.29, 1.82) is 0 Å². The van der Waals surface area contributed by atoms with Gasteiger partial charge in [-0.25, -0.2) is 4.98 Å². The molecule has 1 saturated heterocycles. The number of aromatic nitrogens is 2. The molecule has 1 unspecified atom stereocenters. The molecule has 4 nitrogen and oxygen atoms in total. The Morgan fingerprint density at radius 3 is 3.00 bits per heavy atom. The first-order valence-electron chi connectivity index (χ1n) is 5.43. The van der Waals surface area contributed by atoms with Gasteiger partial charge in [0.25, 0.3) is 0 Å². The number of aryl methyl sites for hydroxylation is 2. The number of alkyl halides is 1. The van der Waals surface area contributed by atoms with Crippen LogP contribution < -0.4 is 4.90 Å². The Hall–Kier alpha value is -0.680. The van der Waals surface area contributed by atoms with E-state index in [2.05, 4.69) is 30.8 Å². The molecular weight excluding hydrogens is 270 g/mol. The first-order chi connectivity index (χ1) is 7.72. The van der Waals surface area contributed by atoms with Crippen molar-refractivity contribution in [3.63, 3.8) is 0 Å². The van der Waals surface area contributed by atoms with E-state index in [4.69, 9.17) is 4.74 Å². The Bertz CT molecular complexity index is 372. The minimum absolute atomic E-state index is 0.352. The van der Waals surface area contributed by atoms with Gasteiger partial charge in [-0.3, -0.25) is 4.98 Å². The number of anilines is 1. The number of hydrogen-bond donors (Lipinski definition) is 0. The summed E-state index contributed by atoms with van der Waals surface area (Å²) < 4.78 is 5.46. The highest BCUT2D eigenvalue weighted by Gasteiger charge is 2.23. The maximum atomic E-state index is 5.46. The Balaban J connectivity index is 2.23. The molecule has 1 aliphatic rings. The van der Waals surface area contributed by atoms with Crippen molar-refractivity contribution in [3.8, 4) is 0 Å². The van der Waals surface area contributed by atoms with Gasteiger partial charge in [0.15, 0.2) is 0 Å². The summed E-state index contributed by atoms with van der Waals surface area (Å²) in [6.07, 6.45) is 1.85. The van der Waals surface area contributed by atoms with Crippen molar-refractivity contribution < 1.29 is 4.74 Å². The number of hydrogen-bond acceptors (Lipinski definition) is 4. The van der Waals surface area contributed by atoms with Gasteiger partial charge in [0.2, 0.25) is 0 Å². The third kappa shape index (κ3) is 2.35. The second kappa shape index (κ2) is 5.10. The van der Waals surface area contributed by atoms with Crippen LogP contribution in [-0.4, -0.2) is 41.1 Å². The molecule has 1 aromatic rings. The van der Waals surface area contributed by atoms with Crippen LogP contribution in [0, 0.1) is 13.8 Å². The molecule has 0 spiro atoms. The third-order valence-electron chi connectivity index (χ3n) is 2.88. The monoisotopic (exact) mass is 285 g/mol. The van der Waals surface area contributed by atoms with E-state index in [-0.39, 0.29) is 0 Å². The maximum Gasteiger partial charge on any atom is 0.147 e. The van der Waals surface area contributed by atoms with E-state index in [1.54, 1.807) is 0 Å². The molecule has 0 N–H and O–H groups in total. The van der Waals surface area contributed by atoms with Gasteiger partial charge in [-0.1, -0.05) is 15.9 Å². The Morgan fingerprint density at radius 2 is 2.31 bits per heavy atom. The van der Waals surface area contributed by atoms with Gasteiger partial charge in [0.1, 0.15) is 5.82 Å². The van der Waals surface area contributed by atoms with E-state index < -0.39 is 0 Å². The normalized spacial score (nSPS) is 21.2. The average Bonchev–Trinajstić information content (AvgIpc) is 2.32. The summed E-state index contributed by atoms with van der Waals surface area (Å²) in [5.74, 6) is 0.954. The lowest BCUT2D eigenvalue weighted by Crippen LogP contribution is -2.47. The summed E-state index contributed by atoms with van der Waals surface area (Å²) in [6.45, 7) is 6.37. The SMILES string of the molecule is Cc1ncc(N2CCOCC2CBr)nc1C. The predicted molar refractivity (Wildman–Crippen MR) is 67.3 cm³/mol. The zero-order valence-electron chi connectivity index (χ0n) is 9.61. The van der Waals surface area contributed by atoms with Gasteiger partial charge >= 0.3 is 0 Å². The molecule has 0 aliphatic carbocycles. The van der Waals surface area contributed by atoms with Crippen molar-refractivity contribution in [1.82, 2.24) is 9.97 Å². The molecule has 1 aromatic heterocycles. The fourth-order valence-corrected chi connectivity index (χ4v) is 2.29. The number of nitrogens with zero attached hydrogens (tertiary/aromatic N) is 3. The highest BCUT2D eigenvalue weighted by molar-refractivity contribution is 9.09. The summed E-state index contributed by atoms with van der Waals surface area (Å²) in [4.78, 5) is 11.2. The number of rotatable bonds is 2. The van der Waals surface area contributed by atoms with Crippen LogP contribution in [0.4, 0.5) is 5.82 Å². The smallest absolute Gasteiger partial charge is 0.147 e. The minimum atomic E-state index is 0.352. The van der Waals surface area contributed by atoms with Gasteiger partial charge in [-0.05, 0) is 13.8 Å². The van der Waals surface area contributed by atoms with E-state index >= 15 is 0 Å².